The summed E-state index contributed by atoms with van der Waals surface area (Å²) in [7, 11) is 0. The molecule has 2 aliphatic carbocycles. The van der Waals surface area contributed by atoms with Gasteiger partial charge in [0.1, 0.15) is 0 Å². The number of rotatable bonds is 4. The van der Waals surface area contributed by atoms with E-state index in [2.05, 4.69) is 26.1 Å². The predicted octanol–water partition coefficient (Wildman–Crippen LogP) is 3.98. The van der Waals surface area contributed by atoms with Crippen LogP contribution in [0, 0.1) is 17.8 Å². The summed E-state index contributed by atoms with van der Waals surface area (Å²) in [5, 5.41) is 3.65. The van der Waals surface area contributed by atoms with E-state index in [9.17, 15) is 0 Å². The quantitative estimate of drug-likeness (QED) is 0.760. The summed E-state index contributed by atoms with van der Waals surface area (Å²) in [6, 6.07) is 0. The van der Waals surface area contributed by atoms with Gasteiger partial charge in [0.2, 0.25) is 0 Å². The van der Waals surface area contributed by atoms with Gasteiger partial charge in [-0.3, -0.25) is 0 Å². The van der Waals surface area contributed by atoms with Crippen molar-refractivity contribution in [3.05, 3.63) is 0 Å². The van der Waals surface area contributed by atoms with E-state index in [0.717, 1.165) is 17.8 Å². The van der Waals surface area contributed by atoms with E-state index in [1.165, 1.54) is 51.5 Å². The molecule has 2 fully saturated rings. The fraction of sp³-hybridized carbons (Fsp3) is 1.00. The first-order chi connectivity index (χ1) is 7.54. The second-order valence-electron chi connectivity index (χ2n) is 7.13. The molecule has 2 rings (SSSR count). The van der Waals surface area contributed by atoms with Crippen molar-refractivity contribution in [2.45, 2.75) is 71.3 Å². The Morgan fingerprint density at radius 1 is 1.00 bits per heavy atom. The molecule has 0 aromatic carbocycles. The molecule has 0 spiro atoms. The lowest BCUT2D eigenvalue weighted by atomic mass is 9.85. The molecule has 2 atom stereocenters. The SMILES string of the molecule is CC(C)(C)NCC1CC1CC1CCCCC1. The van der Waals surface area contributed by atoms with Gasteiger partial charge in [0, 0.05) is 5.54 Å². The van der Waals surface area contributed by atoms with Crippen LogP contribution in [-0.2, 0) is 0 Å². The van der Waals surface area contributed by atoms with Crippen LogP contribution in [0.2, 0.25) is 0 Å². The van der Waals surface area contributed by atoms with Crippen molar-refractivity contribution in [1.29, 1.82) is 0 Å². The molecule has 0 radical (unpaired) electrons. The molecule has 16 heavy (non-hydrogen) atoms. The van der Waals surface area contributed by atoms with Crippen LogP contribution in [-0.4, -0.2) is 12.1 Å². The molecule has 0 heterocycles. The minimum Gasteiger partial charge on any atom is -0.312 e. The molecule has 0 amide bonds. The van der Waals surface area contributed by atoms with E-state index >= 15 is 0 Å². The summed E-state index contributed by atoms with van der Waals surface area (Å²) in [6.45, 7) is 8.06. The van der Waals surface area contributed by atoms with Crippen LogP contribution < -0.4 is 5.32 Å². The lowest BCUT2D eigenvalue weighted by Gasteiger charge is -2.22. The average molecular weight is 223 g/mol. The standard InChI is InChI=1S/C15H29N/c1-15(2,3)16-11-14-10-13(14)9-12-7-5-4-6-8-12/h12-14,16H,4-11H2,1-3H3. The largest absolute Gasteiger partial charge is 0.312 e. The van der Waals surface area contributed by atoms with E-state index in [1.54, 1.807) is 0 Å². The van der Waals surface area contributed by atoms with Crippen molar-refractivity contribution in [2.24, 2.45) is 17.8 Å². The summed E-state index contributed by atoms with van der Waals surface area (Å²) >= 11 is 0. The molecule has 1 N–H and O–H groups in total. The zero-order valence-electron chi connectivity index (χ0n) is 11.4. The van der Waals surface area contributed by atoms with E-state index < -0.39 is 0 Å². The highest BCUT2D eigenvalue weighted by molar-refractivity contribution is 4.91. The third-order valence-electron chi connectivity index (χ3n) is 4.32. The highest BCUT2D eigenvalue weighted by Crippen LogP contribution is 2.45. The van der Waals surface area contributed by atoms with Crippen LogP contribution in [0.1, 0.15) is 65.7 Å². The third-order valence-corrected chi connectivity index (χ3v) is 4.32. The Balaban J connectivity index is 1.60. The summed E-state index contributed by atoms with van der Waals surface area (Å²) in [4.78, 5) is 0. The zero-order chi connectivity index (χ0) is 11.6. The zero-order valence-corrected chi connectivity index (χ0v) is 11.4. The van der Waals surface area contributed by atoms with Crippen molar-refractivity contribution in [3.8, 4) is 0 Å². The average Bonchev–Trinajstić information content (AvgIpc) is 2.94. The Hall–Kier alpha value is -0.0400. The smallest absolute Gasteiger partial charge is 0.00966 e. The maximum Gasteiger partial charge on any atom is 0.00966 e. The van der Waals surface area contributed by atoms with Gasteiger partial charge in [-0.15, -0.1) is 0 Å². The minimum atomic E-state index is 0.304. The van der Waals surface area contributed by atoms with Gasteiger partial charge in [0.25, 0.3) is 0 Å². The summed E-state index contributed by atoms with van der Waals surface area (Å²) in [6.07, 6.45) is 10.6. The molecule has 1 heteroatoms. The number of hydrogen-bond acceptors (Lipinski definition) is 1. The molecule has 0 aliphatic heterocycles. The summed E-state index contributed by atoms with van der Waals surface area (Å²) in [5.41, 5.74) is 0.304. The third kappa shape index (κ3) is 4.08. The Labute approximate surface area is 101 Å². The first kappa shape index (κ1) is 12.4. The first-order valence-corrected chi connectivity index (χ1v) is 7.29. The van der Waals surface area contributed by atoms with Crippen LogP contribution >= 0.6 is 0 Å². The van der Waals surface area contributed by atoms with Gasteiger partial charge in [-0.25, -0.2) is 0 Å². The molecule has 0 bridgehead atoms. The molecule has 2 unspecified atom stereocenters. The fourth-order valence-corrected chi connectivity index (χ4v) is 3.14. The first-order valence-electron chi connectivity index (χ1n) is 7.29. The normalized spacial score (nSPS) is 31.7. The van der Waals surface area contributed by atoms with Crippen molar-refractivity contribution >= 4 is 0 Å². The second kappa shape index (κ2) is 5.08. The highest BCUT2D eigenvalue weighted by atomic mass is 15.0. The van der Waals surface area contributed by atoms with Gasteiger partial charge in [0.15, 0.2) is 0 Å². The van der Waals surface area contributed by atoms with Crippen LogP contribution in [0.15, 0.2) is 0 Å². The molecule has 0 saturated heterocycles. The van der Waals surface area contributed by atoms with E-state index in [1.807, 2.05) is 0 Å². The predicted molar refractivity (Wildman–Crippen MR) is 70.5 cm³/mol. The lowest BCUT2D eigenvalue weighted by Crippen LogP contribution is -2.37. The molecule has 0 aromatic rings. The molecular formula is C15H29N. The molecule has 2 aliphatic rings. The summed E-state index contributed by atoms with van der Waals surface area (Å²) < 4.78 is 0. The molecule has 0 aromatic heterocycles. The number of hydrogen-bond donors (Lipinski definition) is 1. The maximum absolute atomic E-state index is 3.65. The van der Waals surface area contributed by atoms with Crippen LogP contribution in [0.3, 0.4) is 0 Å². The monoisotopic (exact) mass is 223 g/mol. The Kier molecular flexibility index (Phi) is 3.94. The van der Waals surface area contributed by atoms with Gasteiger partial charge in [0.05, 0.1) is 0 Å². The van der Waals surface area contributed by atoms with Crippen molar-refractivity contribution in [1.82, 2.24) is 5.32 Å². The van der Waals surface area contributed by atoms with Gasteiger partial charge >= 0.3 is 0 Å². The van der Waals surface area contributed by atoms with E-state index in [0.29, 0.717) is 5.54 Å². The topological polar surface area (TPSA) is 12.0 Å². The van der Waals surface area contributed by atoms with Gasteiger partial charge in [-0.1, -0.05) is 32.1 Å². The van der Waals surface area contributed by atoms with Crippen LogP contribution in [0.4, 0.5) is 0 Å². The second-order valence-corrected chi connectivity index (χ2v) is 7.13. The number of nitrogens with one attached hydrogen (secondary N) is 1. The molecular weight excluding hydrogens is 194 g/mol. The Morgan fingerprint density at radius 2 is 1.69 bits per heavy atom. The van der Waals surface area contributed by atoms with E-state index in [4.69, 9.17) is 0 Å². The maximum atomic E-state index is 3.65. The minimum absolute atomic E-state index is 0.304. The molecule has 2 saturated carbocycles. The Morgan fingerprint density at radius 3 is 2.31 bits per heavy atom. The molecule has 94 valence electrons. The van der Waals surface area contributed by atoms with Gasteiger partial charge in [-0.2, -0.15) is 0 Å². The van der Waals surface area contributed by atoms with Crippen LogP contribution in [0.25, 0.3) is 0 Å². The van der Waals surface area contributed by atoms with Crippen molar-refractivity contribution in [3.63, 3.8) is 0 Å². The summed E-state index contributed by atoms with van der Waals surface area (Å²) in [5.74, 6) is 3.15. The van der Waals surface area contributed by atoms with Crippen molar-refractivity contribution in [2.75, 3.05) is 6.54 Å². The van der Waals surface area contributed by atoms with Gasteiger partial charge < -0.3 is 5.32 Å². The van der Waals surface area contributed by atoms with E-state index in [-0.39, 0.29) is 0 Å². The highest BCUT2D eigenvalue weighted by Gasteiger charge is 2.38. The Bertz CT molecular complexity index is 210. The van der Waals surface area contributed by atoms with Crippen molar-refractivity contribution < 1.29 is 0 Å². The van der Waals surface area contributed by atoms with Crippen LogP contribution in [0.5, 0.6) is 0 Å². The molecule has 1 nitrogen and oxygen atoms in total. The van der Waals surface area contributed by atoms with Gasteiger partial charge in [-0.05, 0) is 57.9 Å². The lowest BCUT2D eigenvalue weighted by molar-refractivity contribution is 0.316. The fourth-order valence-electron chi connectivity index (χ4n) is 3.14.